The molecule has 0 aromatic carbocycles. The van der Waals surface area contributed by atoms with Crippen LogP contribution in [0.5, 0.6) is 0 Å². The van der Waals surface area contributed by atoms with Crippen LogP contribution in [0.2, 0.25) is 0 Å². The molecule has 0 rings (SSSR count). The lowest BCUT2D eigenvalue weighted by molar-refractivity contribution is -0.0924. The van der Waals surface area contributed by atoms with Crippen LogP contribution >= 0.6 is 0 Å². The van der Waals surface area contributed by atoms with Gasteiger partial charge in [0.15, 0.2) is 0 Å². The number of hydrogen-bond acceptors (Lipinski definition) is 0. The first-order valence-corrected chi connectivity index (χ1v) is 2.31. The maximum Gasteiger partial charge on any atom is 0.312 e. The van der Waals surface area contributed by atoms with Gasteiger partial charge < -0.3 is 5.32 Å². The summed E-state index contributed by atoms with van der Waals surface area (Å²) in [6.45, 7) is 1.53. The van der Waals surface area contributed by atoms with E-state index in [1.54, 1.807) is 6.92 Å². The molecule has 0 unspecified atom stereocenters. The third-order valence-corrected chi connectivity index (χ3v) is 0.515. The van der Waals surface area contributed by atoms with Gasteiger partial charge in [-0.2, -0.15) is 13.2 Å². The molecule has 0 heterocycles. The number of nitrogens with zero attached hydrogens (tertiary/aromatic N) is 1. The monoisotopic (exact) mass is 126 g/mol. The normalized spacial score (nSPS) is 12.0. The van der Waals surface area contributed by atoms with Crippen LogP contribution in [-0.2, 0) is 0 Å². The Morgan fingerprint density at radius 2 is 1.88 bits per heavy atom. The molecule has 0 aliphatic rings. The van der Waals surface area contributed by atoms with Gasteiger partial charge >= 0.3 is 6.30 Å². The highest BCUT2D eigenvalue weighted by molar-refractivity contribution is 4.81. The average molecular weight is 126 g/mol. The van der Waals surface area contributed by atoms with Crippen molar-refractivity contribution < 1.29 is 13.2 Å². The first kappa shape index (κ1) is 7.75. The Hall–Kier alpha value is -0.250. The van der Waals surface area contributed by atoms with Gasteiger partial charge in [-0.05, 0) is 0 Å². The molecular weight excluding hydrogens is 119 g/mol. The number of hydrogen-bond donors (Lipinski definition) is 0. The van der Waals surface area contributed by atoms with Crippen molar-refractivity contribution in [3.8, 4) is 0 Å². The third-order valence-electron chi connectivity index (χ3n) is 0.515. The fraction of sp³-hybridized carbons (Fsp3) is 1.00. The van der Waals surface area contributed by atoms with E-state index in [1.165, 1.54) is 0 Å². The van der Waals surface area contributed by atoms with E-state index in [0.29, 0.717) is 6.42 Å². The Labute approximate surface area is 45.9 Å². The number of alkyl halides is 3. The lowest BCUT2D eigenvalue weighted by Gasteiger charge is -2.21. The summed E-state index contributed by atoms with van der Waals surface area (Å²) in [5, 5.41) is 2.38. The van der Waals surface area contributed by atoms with Gasteiger partial charge in [-0.25, -0.2) is 0 Å². The zero-order valence-corrected chi connectivity index (χ0v) is 4.50. The largest absolute Gasteiger partial charge is 0.570 e. The maximum absolute atomic E-state index is 11.1. The van der Waals surface area contributed by atoms with Crippen LogP contribution in [0.4, 0.5) is 13.2 Å². The van der Waals surface area contributed by atoms with Gasteiger partial charge in [-0.3, -0.25) is 0 Å². The molecule has 0 aromatic rings. The summed E-state index contributed by atoms with van der Waals surface area (Å²) >= 11 is 0. The molecule has 0 N–H and O–H groups in total. The second kappa shape index (κ2) is 2.91. The summed E-state index contributed by atoms with van der Waals surface area (Å²) in [7, 11) is 0. The highest BCUT2D eigenvalue weighted by Gasteiger charge is 2.10. The van der Waals surface area contributed by atoms with Gasteiger partial charge in [0, 0.05) is 0 Å². The zero-order chi connectivity index (χ0) is 6.62. The molecular formula is C4H7F3N-. The Morgan fingerprint density at radius 1 is 1.38 bits per heavy atom. The van der Waals surface area contributed by atoms with Crippen LogP contribution in [-0.4, -0.2) is 12.8 Å². The van der Waals surface area contributed by atoms with E-state index in [-0.39, 0.29) is 6.54 Å². The molecule has 0 aliphatic carbocycles. The summed E-state index contributed by atoms with van der Waals surface area (Å²) in [4.78, 5) is 0. The van der Waals surface area contributed by atoms with Crippen LogP contribution in [0.15, 0.2) is 0 Å². The summed E-state index contributed by atoms with van der Waals surface area (Å²) in [5.41, 5.74) is 0. The van der Waals surface area contributed by atoms with Crippen molar-refractivity contribution in [2.45, 2.75) is 19.6 Å². The van der Waals surface area contributed by atoms with Crippen molar-refractivity contribution in [2.24, 2.45) is 0 Å². The average Bonchev–Trinajstić information content (AvgIpc) is 1.59. The Morgan fingerprint density at radius 3 is 2.00 bits per heavy atom. The highest BCUT2D eigenvalue weighted by atomic mass is 19.4. The predicted molar refractivity (Wildman–Crippen MR) is 24.6 cm³/mol. The summed E-state index contributed by atoms with van der Waals surface area (Å²) in [6, 6.07) is 0. The molecule has 0 bridgehead atoms. The minimum absolute atomic E-state index is 0.122. The predicted octanol–water partition coefficient (Wildman–Crippen LogP) is 2.29. The van der Waals surface area contributed by atoms with Crippen LogP contribution in [0.1, 0.15) is 13.3 Å². The molecule has 50 valence electrons. The van der Waals surface area contributed by atoms with Crippen LogP contribution in [0.25, 0.3) is 5.32 Å². The number of halogens is 3. The fourth-order valence-corrected chi connectivity index (χ4v) is 0.239. The third kappa shape index (κ3) is 5.75. The van der Waals surface area contributed by atoms with Gasteiger partial charge in [0.25, 0.3) is 0 Å². The Bertz CT molecular complexity index is 58.8. The first-order chi connectivity index (χ1) is 3.56. The van der Waals surface area contributed by atoms with Gasteiger partial charge in [0.1, 0.15) is 0 Å². The van der Waals surface area contributed by atoms with Crippen molar-refractivity contribution in [1.82, 2.24) is 0 Å². The molecule has 0 saturated carbocycles. The summed E-state index contributed by atoms with van der Waals surface area (Å²) in [6.07, 6.45) is -3.88. The Kier molecular flexibility index (Phi) is 2.82. The maximum atomic E-state index is 11.1. The van der Waals surface area contributed by atoms with E-state index < -0.39 is 6.30 Å². The quantitative estimate of drug-likeness (QED) is 0.504. The van der Waals surface area contributed by atoms with Gasteiger partial charge in [-0.1, -0.05) is 13.3 Å². The zero-order valence-electron chi connectivity index (χ0n) is 4.50. The standard InChI is InChI=1S/C4H7F3N/c1-2-3-8-4(5,6)7/h2-3H2,1H3/q-1. The van der Waals surface area contributed by atoms with E-state index in [2.05, 4.69) is 5.32 Å². The second-order valence-electron chi connectivity index (χ2n) is 1.35. The van der Waals surface area contributed by atoms with E-state index in [1.807, 2.05) is 0 Å². The van der Waals surface area contributed by atoms with Crippen molar-refractivity contribution in [3.05, 3.63) is 5.32 Å². The van der Waals surface area contributed by atoms with E-state index in [9.17, 15) is 13.2 Å². The van der Waals surface area contributed by atoms with Crippen LogP contribution in [0.3, 0.4) is 0 Å². The van der Waals surface area contributed by atoms with Crippen molar-refractivity contribution >= 4 is 0 Å². The SMILES string of the molecule is CCC[N-]C(F)(F)F. The molecule has 0 saturated heterocycles. The molecule has 4 heteroatoms. The molecule has 0 radical (unpaired) electrons. The number of rotatable bonds is 2. The molecule has 8 heavy (non-hydrogen) atoms. The van der Waals surface area contributed by atoms with E-state index >= 15 is 0 Å². The molecule has 0 spiro atoms. The fourth-order valence-electron chi connectivity index (χ4n) is 0.239. The lowest BCUT2D eigenvalue weighted by atomic mass is 10.5. The second-order valence-corrected chi connectivity index (χ2v) is 1.35. The molecule has 0 amide bonds. The van der Waals surface area contributed by atoms with E-state index in [0.717, 1.165) is 0 Å². The topological polar surface area (TPSA) is 14.1 Å². The Balaban J connectivity index is 3.11. The van der Waals surface area contributed by atoms with Gasteiger partial charge in [0.2, 0.25) is 0 Å². The minimum Gasteiger partial charge on any atom is -0.570 e. The van der Waals surface area contributed by atoms with Crippen molar-refractivity contribution in [2.75, 3.05) is 6.54 Å². The molecule has 0 aromatic heterocycles. The summed E-state index contributed by atoms with van der Waals surface area (Å²) < 4.78 is 33.2. The van der Waals surface area contributed by atoms with Crippen molar-refractivity contribution in [1.29, 1.82) is 0 Å². The molecule has 1 nitrogen and oxygen atoms in total. The summed E-state index contributed by atoms with van der Waals surface area (Å²) in [5.74, 6) is 0. The minimum atomic E-state index is -4.32. The molecule has 0 aliphatic heterocycles. The first-order valence-electron chi connectivity index (χ1n) is 2.31. The molecule has 0 atom stereocenters. The van der Waals surface area contributed by atoms with Crippen LogP contribution in [0, 0.1) is 0 Å². The smallest absolute Gasteiger partial charge is 0.312 e. The van der Waals surface area contributed by atoms with E-state index in [4.69, 9.17) is 0 Å². The highest BCUT2D eigenvalue weighted by Crippen LogP contribution is 2.21. The van der Waals surface area contributed by atoms with Gasteiger partial charge in [0.05, 0.1) is 0 Å². The van der Waals surface area contributed by atoms with Crippen molar-refractivity contribution in [3.63, 3.8) is 0 Å². The van der Waals surface area contributed by atoms with Gasteiger partial charge in [-0.15, -0.1) is 6.54 Å². The van der Waals surface area contributed by atoms with Crippen LogP contribution < -0.4 is 0 Å². The molecule has 0 fully saturated rings. The lowest BCUT2D eigenvalue weighted by Crippen LogP contribution is -2.05.